The molecule has 0 aliphatic heterocycles. The van der Waals surface area contributed by atoms with Gasteiger partial charge in [0.2, 0.25) is 0 Å². The normalized spacial score (nSPS) is 12.3. The zero-order valence-corrected chi connectivity index (χ0v) is 23.8. The standard InChI is InChI=1S/C29H29Cl2N3O7/c1-3-39-26-14-20(9-11-25(26)40-17-27(35)36)16-32-34-29(38)23(13-19-7-5-4-6-8-19)33-28(37)18(2)41-24-12-10-21(30)15-22(24)31/h4-12,14-16,18,23H,3,13,17H2,1-2H3,(H,33,37)(H,34,38)(H,35,36)/b32-16-/t18-,23+/m0/s1. The molecule has 0 aromatic heterocycles. The van der Waals surface area contributed by atoms with E-state index in [1.165, 1.54) is 19.2 Å². The summed E-state index contributed by atoms with van der Waals surface area (Å²) < 4.78 is 16.4. The number of carboxylic acids is 1. The Morgan fingerprint density at radius 2 is 1.68 bits per heavy atom. The van der Waals surface area contributed by atoms with E-state index in [0.717, 1.165) is 5.56 Å². The molecular formula is C29H29Cl2N3O7. The van der Waals surface area contributed by atoms with Crippen LogP contribution < -0.4 is 25.0 Å². The Morgan fingerprint density at radius 1 is 0.951 bits per heavy atom. The second-order valence-electron chi connectivity index (χ2n) is 8.64. The molecule has 41 heavy (non-hydrogen) atoms. The Hall–Kier alpha value is -4.28. The van der Waals surface area contributed by atoms with Gasteiger partial charge in [-0.2, -0.15) is 5.10 Å². The number of carboxylic acid groups (broad SMARTS) is 1. The van der Waals surface area contributed by atoms with Crippen molar-refractivity contribution in [2.24, 2.45) is 5.10 Å². The third-order valence-corrected chi connectivity index (χ3v) is 6.02. The van der Waals surface area contributed by atoms with E-state index >= 15 is 0 Å². The predicted molar refractivity (Wildman–Crippen MR) is 155 cm³/mol. The van der Waals surface area contributed by atoms with Gasteiger partial charge in [-0.3, -0.25) is 9.59 Å². The highest BCUT2D eigenvalue weighted by Crippen LogP contribution is 2.29. The number of ether oxygens (including phenoxy) is 3. The van der Waals surface area contributed by atoms with Crippen molar-refractivity contribution in [3.8, 4) is 17.2 Å². The summed E-state index contributed by atoms with van der Waals surface area (Å²) in [5.74, 6) is -1.34. The van der Waals surface area contributed by atoms with Crippen molar-refractivity contribution >= 4 is 47.2 Å². The molecule has 0 saturated heterocycles. The summed E-state index contributed by atoms with van der Waals surface area (Å²) in [5, 5.41) is 16.3. The van der Waals surface area contributed by atoms with Crippen molar-refractivity contribution < 1.29 is 33.7 Å². The number of halogens is 2. The van der Waals surface area contributed by atoms with Gasteiger partial charge in [0.25, 0.3) is 11.8 Å². The number of hydrazone groups is 1. The predicted octanol–water partition coefficient (Wildman–Crippen LogP) is 4.50. The van der Waals surface area contributed by atoms with Gasteiger partial charge in [0, 0.05) is 11.4 Å². The molecule has 12 heteroatoms. The molecule has 0 aliphatic rings. The first kappa shape index (κ1) is 31.3. The van der Waals surface area contributed by atoms with Gasteiger partial charge >= 0.3 is 5.97 Å². The summed E-state index contributed by atoms with van der Waals surface area (Å²) in [5.41, 5.74) is 3.84. The Balaban J connectivity index is 1.70. The fourth-order valence-electron chi connectivity index (χ4n) is 3.54. The first-order valence-electron chi connectivity index (χ1n) is 12.6. The number of carbonyl (C=O) groups excluding carboxylic acids is 2. The summed E-state index contributed by atoms with van der Waals surface area (Å²) >= 11 is 12.1. The SMILES string of the molecule is CCOc1cc(/C=N\NC(=O)[C@@H](Cc2ccccc2)NC(=O)[C@H](C)Oc2ccc(Cl)cc2Cl)ccc1OCC(=O)O. The van der Waals surface area contributed by atoms with Gasteiger partial charge < -0.3 is 24.6 Å². The summed E-state index contributed by atoms with van der Waals surface area (Å²) in [4.78, 5) is 36.9. The van der Waals surface area contributed by atoms with Crippen LogP contribution >= 0.6 is 23.2 Å². The molecule has 3 aromatic rings. The first-order valence-corrected chi connectivity index (χ1v) is 13.3. The average Bonchev–Trinajstić information content (AvgIpc) is 2.94. The molecule has 216 valence electrons. The summed E-state index contributed by atoms with van der Waals surface area (Å²) in [7, 11) is 0. The van der Waals surface area contributed by atoms with E-state index in [1.54, 1.807) is 37.3 Å². The molecule has 0 bridgehead atoms. The Kier molecular flexibility index (Phi) is 11.8. The fraction of sp³-hybridized carbons (Fsp3) is 0.241. The van der Waals surface area contributed by atoms with Crippen molar-refractivity contribution in [1.82, 2.24) is 10.7 Å². The van der Waals surface area contributed by atoms with Crippen LogP contribution in [-0.2, 0) is 20.8 Å². The molecule has 0 spiro atoms. The summed E-state index contributed by atoms with van der Waals surface area (Å²) in [6, 6.07) is 17.6. The molecule has 2 amide bonds. The Morgan fingerprint density at radius 3 is 2.37 bits per heavy atom. The molecule has 0 saturated carbocycles. The number of rotatable bonds is 14. The molecule has 0 aliphatic carbocycles. The molecular weight excluding hydrogens is 573 g/mol. The lowest BCUT2D eigenvalue weighted by Crippen LogP contribution is -2.50. The number of amides is 2. The molecule has 0 unspecified atom stereocenters. The van der Waals surface area contributed by atoms with Crippen LogP contribution in [0.1, 0.15) is 25.0 Å². The van der Waals surface area contributed by atoms with E-state index in [4.69, 9.17) is 42.5 Å². The number of hydrogen-bond donors (Lipinski definition) is 3. The monoisotopic (exact) mass is 601 g/mol. The zero-order valence-electron chi connectivity index (χ0n) is 22.3. The highest BCUT2D eigenvalue weighted by molar-refractivity contribution is 6.35. The average molecular weight is 602 g/mol. The van der Waals surface area contributed by atoms with Gasteiger partial charge in [-0.1, -0.05) is 53.5 Å². The highest BCUT2D eigenvalue weighted by atomic mass is 35.5. The van der Waals surface area contributed by atoms with Crippen LogP contribution in [0, 0.1) is 0 Å². The summed E-state index contributed by atoms with van der Waals surface area (Å²) in [6.07, 6.45) is 0.617. The zero-order chi connectivity index (χ0) is 29.8. The smallest absolute Gasteiger partial charge is 0.341 e. The van der Waals surface area contributed by atoms with E-state index in [1.807, 2.05) is 30.3 Å². The van der Waals surface area contributed by atoms with Crippen LogP contribution in [-0.4, -0.2) is 54.5 Å². The third-order valence-electron chi connectivity index (χ3n) is 5.49. The van der Waals surface area contributed by atoms with E-state index in [2.05, 4.69) is 15.8 Å². The van der Waals surface area contributed by atoms with E-state index in [-0.39, 0.29) is 22.9 Å². The van der Waals surface area contributed by atoms with Gasteiger partial charge in [-0.25, -0.2) is 10.2 Å². The van der Waals surface area contributed by atoms with Crippen molar-refractivity contribution in [2.45, 2.75) is 32.4 Å². The van der Waals surface area contributed by atoms with Gasteiger partial charge in [0.05, 0.1) is 17.8 Å². The molecule has 3 N–H and O–H groups in total. The lowest BCUT2D eigenvalue weighted by atomic mass is 10.1. The first-order chi connectivity index (χ1) is 19.7. The Bertz CT molecular complexity index is 1390. The minimum Gasteiger partial charge on any atom is -0.490 e. The van der Waals surface area contributed by atoms with Crippen molar-refractivity contribution in [3.63, 3.8) is 0 Å². The van der Waals surface area contributed by atoms with Crippen LogP contribution in [0.2, 0.25) is 10.0 Å². The van der Waals surface area contributed by atoms with Crippen molar-refractivity contribution in [1.29, 1.82) is 0 Å². The van der Waals surface area contributed by atoms with E-state index in [9.17, 15) is 14.4 Å². The maximum atomic E-state index is 13.1. The molecule has 0 radical (unpaired) electrons. The molecule has 3 aromatic carbocycles. The second-order valence-corrected chi connectivity index (χ2v) is 9.49. The maximum absolute atomic E-state index is 13.1. The maximum Gasteiger partial charge on any atom is 0.341 e. The summed E-state index contributed by atoms with van der Waals surface area (Å²) in [6.45, 7) is 3.12. The van der Waals surface area contributed by atoms with Crippen LogP contribution in [0.15, 0.2) is 71.8 Å². The number of nitrogens with one attached hydrogen (secondary N) is 2. The molecule has 0 heterocycles. The number of benzene rings is 3. The topological polar surface area (TPSA) is 136 Å². The Labute approximate surface area is 247 Å². The number of nitrogens with zero attached hydrogens (tertiary/aromatic N) is 1. The minimum atomic E-state index is -1.12. The van der Waals surface area contributed by atoms with Crippen LogP contribution in [0.4, 0.5) is 0 Å². The van der Waals surface area contributed by atoms with Gasteiger partial charge in [0.15, 0.2) is 24.2 Å². The van der Waals surface area contributed by atoms with Crippen molar-refractivity contribution in [3.05, 3.63) is 87.9 Å². The molecule has 2 atom stereocenters. The minimum absolute atomic E-state index is 0.201. The number of carbonyl (C=O) groups is 3. The van der Waals surface area contributed by atoms with Crippen LogP contribution in [0.5, 0.6) is 17.2 Å². The molecule has 0 fully saturated rings. The van der Waals surface area contributed by atoms with Gasteiger partial charge in [-0.05, 0) is 61.4 Å². The molecule has 3 rings (SSSR count). The lowest BCUT2D eigenvalue weighted by Gasteiger charge is -2.21. The molecule has 10 nitrogen and oxygen atoms in total. The fourth-order valence-corrected chi connectivity index (χ4v) is 4.00. The van der Waals surface area contributed by atoms with Crippen LogP contribution in [0.3, 0.4) is 0 Å². The lowest BCUT2D eigenvalue weighted by molar-refractivity contribution is -0.139. The highest BCUT2D eigenvalue weighted by Gasteiger charge is 2.25. The quantitative estimate of drug-likeness (QED) is 0.183. The number of aliphatic carboxylic acids is 1. The van der Waals surface area contributed by atoms with E-state index in [0.29, 0.717) is 22.9 Å². The largest absolute Gasteiger partial charge is 0.490 e. The third kappa shape index (κ3) is 10.0. The van der Waals surface area contributed by atoms with E-state index < -0.39 is 36.5 Å². The van der Waals surface area contributed by atoms with Gasteiger partial charge in [-0.15, -0.1) is 0 Å². The van der Waals surface area contributed by atoms with Crippen molar-refractivity contribution in [2.75, 3.05) is 13.2 Å². The van der Waals surface area contributed by atoms with Crippen LogP contribution in [0.25, 0.3) is 0 Å². The second kappa shape index (κ2) is 15.5. The number of hydrogen-bond acceptors (Lipinski definition) is 7. The van der Waals surface area contributed by atoms with Gasteiger partial charge in [0.1, 0.15) is 11.8 Å².